The van der Waals surface area contributed by atoms with Crippen LogP contribution in [0.2, 0.25) is 0 Å². The van der Waals surface area contributed by atoms with Crippen LogP contribution >= 0.6 is 11.3 Å². The van der Waals surface area contributed by atoms with E-state index in [0.29, 0.717) is 0 Å². The number of aryl methyl sites for hydroxylation is 2. The summed E-state index contributed by atoms with van der Waals surface area (Å²) in [6.45, 7) is 6.11. The van der Waals surface area contributed by atoms with Crippen LogP contribution in [0.3, 0.4) is 0 Å². The van der Waals surface area contributed by atoms with E-state index in [9.17, 15) is 0 Å². The van der Waals surface area contributed by atoms with Gasteiger partial charge in [0.1, 0.15) is 10.8 Å². The fourth-order valence-corrected chi connectivity index (χ4v) is 3.61. The number of rotatable bonds is 4. The van der Waals surface area contributed by atoms with Crippen molar-refractivity contribution < 1.29 is 0 Å². The van der Waals surface area contributed by atoms with Gasteiger partial charge in [-0.1, -0.05) is 30.3 Å². The molecular weight excluding hydrogens is 330 g/mol. The number of nitrogens with one attached hydrogen (secondary N) is 1. The van der Waals surface area contributed by atoms with Gasteiger partial charge in [-0.15, -0.1) is 11.3 Å². The van der Waals surface area contributed by atoms with Crippen LogP contribution in [-0.2, 0) is 0 Å². The molecule has 0 saturated heterocycles. The standard InChI is InChI=1S/C19H19N5S/c1-12-9-17-22-16(15-7-5-4-6-8-15)10-18(24(17)23-12)21-14(3)19-20-13(2)11-25-19/h4-11,14,21H,1-3H3/t14-/m1/s1. The molecule has 1 N–H and O–H groups in total. The maximum Gasteiger partial charge on any atom is 0.158 e. The van der Waals surface area contributed by atoms with Gasteiger partial charge in [0, 0.05) is 28.8 Å². The first-order valence-electron chi connectivity index (χ1n) is 8.21. The summed E-state index contributed by atoms with van der Waals surface area (Å²) in [5.41, 5.74) is 4.85. The molecule has 6 heteroatoms. The predicted octanol–water partition coefficient (Wildman–Crippen LogP) is 4.64. The molecule has 3 heterocycles. The highest BCUT2D eigenvalue weighted by molar-refractivity contribution is 7.09. The number of benzene rings is 1. The highest BCUT2D eigenvalue weighted by Crippen LogP contribution is 2.26. The highest BCUT2D eigenvalue weighted by Gasteiger charge is 2.14. The lowest BCUT2D eigenvalue weighted by Crippen LogP contribution is -2.11. The second kappa shape index (κ2) is 6.29. The Morgan fingerprint density at radius 2 is 1.84 bits per heavy atom. The molecule has 0 aliphatic heterocycles. The Balaban J connectivity index is 1.78. The lowest BCUT2D eigenvalue weighted by Gasteiger charge is -2.15. The van der Waals surface area contributed by atoms with Crippen molar-refractivity contribution in [3.05, 3.63) is 64.2 Å². The van der Waals surface area contributed by atoms with Crippen LogP contribution in [0, 0.1) is 13.8 Å². The monoisotopic (exact) mass is 349 g/mol. The Morgan fingerprint density at radius 1 is 1.04 bits per heavy atom. The number of aromatic nitrogens is 4. The average molecular weight is 349 g/mol. The molecule has 0 fully saturated rings. The van der Waals surface area contributed by atoms with E-state index >= 15 is 0 Å². The summed E-state index contributed by atoms with van der Waals surface area (Å²) in [6.07, 6.45) is 0. The largest absolute Gasteiger partial charge is 0.361 e. The molecule has 25 heavy (non-hydrogen) atoms. The van der Waals surface area contributed by atoms with Gasteiger partial charge in [-0.25, -0.2) is 9.97 Å². The third kappa shape index (κ3) is 3.13. The normalized spacial score (nSPS) is 12.4. The van der Waals surface area contributed by atoms with Gasteiger partial charge < -0.3 is 5.32 Å². The molecular formula is C19H19N5S. The molecule has 0 radical (unpaired) electrons. The lowest BCUT2D eigenvalue weighted by molar-refractivity contribution is 0.825. The van der Waals surface area contributed by atoms with Gasteiger partial charge in [0.05, 0.1) is 17.4 Å². The quantitative estimate of drug-likeness (QED) is 0.583. The van der Waals surface area contributed by atoms with Gasteiger partial charge >= 0.3 is 0 Å². The van der Waals surface area contributed by atoms with Crippen LogP contribution in [0.1, 0.15) is 29.4 Å². The smallest absolute Gasteiger partial charge is 0.158 e. The molecule has 5 nitrogen and oxygen atoms in total. The van der Waals surface area contributed by atoms with E-state index in [4.69, 9.17) is 4.98 Å². The van der Waals surface area contributed by atoms with Crippen molar-refractivity contribution in [3.63, 3.8) is 0 Å². The molecule has 126 valence electrons. The number of fused-ring (bicyclic) bond motifs is 1. The van der Waals surface area contributed by atoms with Gasteiger partial charge in [0.15, 0.2) is 5.65 Å². The summed E-state index contributed by atoms with van der Waals surface area (Å²) < 4.78 is 1.86. The maximum atomic E-state index is 4.76. The zero-order valence-corrected chi connectivity index (χ0v) is 15.2. The van der Waals surface area contributed by atoms with Gasteiger partial charge in [-0.2, -0.15) is 9.61 Å². The molecule has 0 spiro atoms. The Bertz CT molecular complexity index is 1020. The molecule has 0 amide bonds. The first-order valence-corrected chi connectivity index (χ1v) is 9.09. The average Bonchev–Trinajstić information content (AvgIpc) is 3.20. The molecule has 0 aliphatic rings. The molecule has 1 atom stereocenters. The van der Waals surface area contributed by atoms with Crippen LogP contribution in [0.15, 0.2) is 47.8 Å². The van der Waals surface area contributed by atoms with Crippen LogP contribution < -0.4 is 5.32 Å². The minimum Gasteiger partial charge on any atom is -0.361 e. The zero-order chi connectivity index (χ0) is 17.4. The van der Waals surface area contributed by atoms with E-state index in [2.05, 4.69) is 39.8 Å². The molecule has 0 unspecified atom stereocenters. The highest BCUT2D eigenvalue weighted by atomic mass is 32.1. The van der Waals surface area contributed by atoms with E-state index in [-0.39, 0.29) is 6.04 Å². The molecule has 1 aromatic carbocycles. The summed E-state index contributed by atoms with van der Waals surface area (Å²) in [5.74, 6) is 0.914. The fourth-order valence-electron chi connectivity index (χ4n) is 2.80. The van der Waals surface area contributed by atoms with Crippen molar-refractivity contribution in [1.29, 1.82) is 0 Å². The molecule has 3 aromatic heterocycles. The van der Waals surface area contributed by atoms with E-state index in [1.165, 1.54) is 0 Å². The Labute approximate surface area is 150 Å². The summed E-state index contributed by atoms with van der Waals surface area (Å²) in [4.78, 5) is 9.34. The van der Waals surface area contributed by atoms with Crippen molar-refractivity contribution in [2.24, 2.45) is 0 Å². The van der Waals surface area contributed by atoms with Crippen molar-refractivity contribution in [3.8, 4) is 11.3 Å². The van der Waals surface area contributed by atoms with Crippen molar-refractivity contribution in [2.45, 2.75) is 26.8 Å². The molecule has 4 rings (SSSR count). The van der Waals surface area contributed by atoms with Gasteiger partial charge in [-0.05, 0) is 20.8 Å². The second-order valence-corrected chi connectivity index (χ2v) is 7.03. The minimum absolute atomic E-state index is 0.0948. The van der Waals surface area contributed by atoms with Crippen molar-refractivity contribution in [2.75, 3.05) is 5.32 Å². The fraction of sp³-hybridized carbons (Fsp3) is 0.211. The summed E-state index contributed by atoms with van der Waals surface area (Å²) in [5, 5.41) is 11.3. The summed E-state index contributed by atoms with van der Waals surface area (Å²) in [7, 11) is 0. The van der Waals surface area contributed by atoms with E-state index in [0.717, 1.165) is 39.1 Å². The third-order valence-corrected chi connectivity index (χ3v) is 5.14. The van der Waals surface area contributed by atoms with Gasteiger partial charge in [0.25, 0.3) is 0 Å². The van der Waals surface area contributed by atoms with Gasteiger partial charge in [-0.3, -0.25) is 0 Å². The molecule has 4 aromatic rings. The maximum absolute atomic E-state index is 4.76. The Hall–Kier alpha value is -2.73. The number of hydrogen-bond donors (Lipinski definition) is 1. The number of anilines is 1. The zero-order valence-electron chi connectivity index (χ0n) is 14.4. The summed E-state index contributed by atoms with van der Waals surface area (Å²) in [6, 6.07) is 14.3. The van der Waals surface area contributed by atoms with Crippen LogP contribution in [0.4, 0.5) is 5.82 Å². The number of hydrogen-bond acceptors (Lipinski definition) is 5. The van der Waals surface area contributed by atoms with E-state index in [1.807, 2.05) is 48.7 Å². The number of thiazole rings is 1. The van der Waals surface area contributed by atoms with E-state index < -0.39 is 0 Å². The van der Waals surface area contributed by atoms with Crippen LogP contribution in [0.5, 0.6) is 0 Å². The number of nitrogens with zero attached hydrogens (tertiary/aromatic N) is 4. The van der Waals surface area contributed by atoms with Crippen molar-refractivity contribution >= 4 is 22.8 Å². The minimum atomic E-state index is 0.0948. The van der Waals surface area contributed by atoms with Crippen LogP contribution in [-0.4, -0.2) is 19.6 Å². The molecule has 0 aliphatic carbocycles. The van der Waals surface area contributed by atoms with E-state index in [1.54, 1.807) is 11.3 Å². The van der Waals surface area contributed by atoms with Crippen LogP contribution in [0.25, 0.3) is 16.9 Å². The molecule has 0 saturated carbocycles. The topological polar surface area (TPSA) is 55.1 Å². The van der Waals surface area contributed by atoms with Crippen molar-refractivity contribution in [1.82, 2.24) is 19.6 Å². The Kier molecular flexibility index (Phi) is 3.97. The lowest BCUT2D eigenvalue weighted by atomic mass is 10.1. The third-order valence-electron chi connectivity index (χ3n) is 3.99. The first-order chi connectivity index (χ1) is 12.1. The Morgan fingerprint density at radius 3 is 2.56 bits per heavy atom. The first kappa shape index (κ1) is 15.8. The predicted molar refractivity (Wildman–Crippen MR) is 102 cm³/mol. The summed E-state index contributed by atoms with van der Waals surface area (Å²) >= 11 is 1.67. The second-order valence-electron chi connectivity index (χ2n) is 6.14. The van der Waals surface area contributed by atoms with Gasteiger partial charge in [0.2, 0.25) is 0 Å². The molecule has 0 bridgehead atoms. The SMILES string of the molecule is Cc1csc([C@@H](C)Nc2cc(-c3ccccc3)nc3cc(C)nn23)n1.